The van der Waals surface area contributed by atoms with E-state index in [9.17, 15) is 8.42 Å². The molecule has 0 radical (unpaired) electrons. The van der Waals surface area contributed by atoms with Crippen molar-refractivity contribution in [3.05, 3.63) is 16.7 Å². The molecule has 1 N–H and O–H groups in total. The number of imidazole rings is 1. The lowest BCUT2D eigenvalue weighted by molar-refractivity contribution is 0.249. The van der Waals surface area contributed by atoms with Crippen LogP contribution in [-0.4, -0.2) is 23.8 Å². The maximum Gasteiger partial charge on any atom is 0.260 e. The van der Waals surface area contributed by atoms with Gasteiger partial charge in [0.25, 0.3) is 10.0 Å². The van der Waals surface area contributed by atoms with E-state index in [0.29, 0.717) is 16.8 Å². The molecule has 0 spiro atoms. The van der Waals surface area contributed by atoms with Crippen LogP contribution >= 0.6 is 22.9 Å². The van der Waals surface area contributed by atoms with E-state index in [-0.39, 0.29) is 16.2 Å². The van der Waals surface area contributed by atoms with Gasteiger partial charge in [-0.25, -0.2) is 18.1 Å². The van der Waals surface area contributed by atoms with E-state index < -0.39 is 10.0 Å². The van der Waals surface area contributed by atoms with Crippen LogP contribution in [0.3, 0.4) is 0 Å². The summed E-state index contributed by atoms with van der Waals surface area (Å²) in [5, 5.41) is 1.88. The molecule has 5 nitrogen and oxygen atoms in total. The van der Waals surface area contributed by atoms with Gasteiger partial charge in [0, 0.05) is 17.6 Å². The molecular formula is C13H18ClN3O2S2. The van der Waals surface area contributed by atoms with Gasteiger partial charge in [0.1, 0.15) is 0 Å². The minimum atomic E-state index is -3.67. The van der Waals surface area contributed by atoms with Crippen molar-refractivity contribution in [1.82, 2.24) is 14.1 Å². The molecule has 2 heterocycles. The predicted molar refractivity (Wildman–Crippen MR) is 84.4 cm³/mol. The summed E-state index contributed by atoms with van der Waals surface area (Å²) < 4.78 is 29.7. The minimum Gasteiger partial charge on any atom is -0.279 e. The molecule has 0 aromatic carbocycles. The zero-order valence-corrected chi connectivity index (χ0v) is 14.3. The second-order valence-electron chi connectivity index (χ2n) is 5.89. The molecule has 1 aliphatic rings. The van der Waals surface area contributed by atoms with Gasteiger partial charge in [-0.1, -0.05) is 25.4 Å². The number of hydrogen-bond donors (Lipinski definition) is 1. The molecular weight excluding hydrogens is 330 g/mol. The Bertz CT molecular complexity index is 753. The summed E-state index contributed by atoms with van der Waals surface area (Å²) in [4.78, 5) is 4.68. The maximum absolute atomic E-state index is 12.7. The van der Waals surface area contributed by atoms with Crippen LogP contribution in [0.2, 0.25) is 5.15 Å². The third-order valence-corrected chi connectivity index (χ3v) is 6.82. The van der Waals surface area contributed by atoms with Crippen LogP contribution in [0.4, 0.5) is 0 Å². The molecule has 116 valence electrons. The lowest BCUT2D eigenvalue weighted by Crippen LogP contribution is -2.42. The SMILES string of the molecule is CC1CCC(NS(=O)(=O)c2c(Cl)nc3sccn23)C(C)C1. The van der Waals surface area contributed by atoms with Crippen molar-refractivity contribution >= 4 is 37.9 Å². The van der Waals surface area contributed by atoms with Gasteiger partial charge in [0.15, 0.2) is 15.1 Å². The molecule has 3 unspecified atom stereocenters. The largest absolute Gasteiger partial charge is 0.279 e. The Morgan fingerprint density at radius 3 is 2.90 bits per heavy atom. The molecule has 0 saturated heterocycles. The molecule has 3 atom stereocenters. The van der Waals surface area contributed by atoms with Crippen LogP contribution < -0.4 is 4.72 Å². The molecule has 21 heavy (non-hydrogen) atoms. The standard InChI is InChI=1S/C13H18ClN3O2S2/c1-8-3-4-10(9(2)7-8)16-21(18,19)12-11(14)15-13-17(12)5-6-20-13/h5-6,8-10,16H,3-4,7H2,1-2H3. The van der Waals surface area contributed by atoms with Crippen LogP contribution in [0.25, 0.3) is 4.96 Å². The number of aromatic nitrogens is 2. The van der Waals surface area contributed by atoms with Crippen molar-refractivity contribution in [1.29, 1.82) is 0 Å². The number of sulfonamides is 1. The number of nitrogens with zero attached hydrogens (tertiary/aromatic N) is 2. The first-order valence-corrected chi connectivity index (χ1v) is 9.76. The smallest absolute Gasteiger partial charge is 0.260 e. The lowest BCUT2D eigenvalue weighted by Gasteiger charge is -2.32. The summed E-state index contributed by atoms with van der Waals surface area (Å²) in [5.74, 6) is 0.982. The van der Waals surface area contributed by atoms with Crippen LogP contribution in [0, 0.1) is 11.8 Å². The fourth-order valence-corrected chi connectivity index (χ4v) is 5.91. The van der Waals surface area contributed by atoms with Crippen molar-refractivity contribution in [3.63, 3.8) is 0 Å². The zero-order valence-electron chi connectivity index (χ0n) is 11.9. The van der Waals surface area contributed by atoms with E-state index in [1.54, 1.807) is 11.6 Å². The molecule has 8 heteroatoms. The van der Waals surface area contributed by atoms with Gasteiger partial charge in [-0.05, 0) is 31.1 Å². The monoisotopic (exact) mass is 347 g/mol. The summed E-state index contributed by atoms with van der Waals surface area (Å²) >= 11 is 7.39. The Morgan fingerprint density at radius 2 is 2.19 bits per heavy atom. The van der Waals surface area contributed by atoms with Crippen LogP contribution in [-0.2, 0) is 10.0 Å². The van der Waals surface area contributed by atoms with Crippen molar-refractivity contribution in [3.8, 4) is 0 Å². The topological polar surface area (TPSA) is 63.5 Å². The van der Waals surface area contributed by atoms with E-state index in [1.165, 1.54) is 15.7 Å². The molecule has 0 amide bonds. The first-order chi connectivity index (χ1) is 9.88. The average molecular weight is 348 g/mol. The molecule has 2 aromatic heterocycles. The Kier molecular flexibility index (Phi) is 4.02. The van der Waals surface area contributed by atoms with Gasteiger partial charge >= 0.3 is 0 Å². The van der Waals surface area contributed by atoms with Crippen LogP contribution in [0.5, 0.6) is 0 Å². The second-order valence-corrected chi connectivity index (χ2v) is 8.75. The highest BCUT2D eigenvalue weighted by molar-refractivity contribution is 7.89. The van der Waals surface area contributed by atoms with Crippen molar-refractivity contribution in [2.45, 2.75) is 44.2 Å². The van der Waals surface area contributed by atoms with Gasteiger partial charge < -0.3 is 0 Å². The van der Waals surface area contributed by atoms with E-state index in [1.807, 2.05) is 0 Å². The third-order valence-electron chi connectivity index (χ3n) is 4.17. The second kappa shape index (κ2) is 5.53. The minimum absolute atomic E-state index is 0.0335. The van der Waals surface area contributed by atoms with Gasteiger partial charge in [0.2, 0.25) is 0 Å². The Balaban J connectivity index is 1.90. The first-order valence-electron chi connectivity index (χ1n) is 7.02. The predicted octanol–water partition coefficient (Wildman–Crippen LogP) is 3.15. The molecule has 1 fully saturated rings. The van der Waals surface area contributed by atoms with E-state index in [0.717, 1.165) is 19.3 Å². The van der Waals surface area contributed by atoms with Crippen LogP contribution in [0.15, 0.2) is 16.6 Å². The zero-order chi connectivity index (χ0) is 15.2. The molecule has 0 aliphatic heterocycles. The number of nitrogens with one attached hydrogen (secondary N) is 1. The highest BCUT2D eigenvalue weighted by atomic mass is 35.5. The van der Waals surface area contributed by atoms with Crippen molar-refractivity contribution < 1.29 is 8.42 Å². The van der Waals surface area contributed by atoms with E-state index in [4.69, 9.17) is 11.6 Å². The van der Waals surface area contributed by atoms with Gasteiger partial charge in [-0.2, -0.15) is 0 Å². The fraction of sp³-hybridized carbons (Fsp3) is 0.615. The summed E-state index contributed by atoms with van der Waals surface area (Å²) in [6, 6.07) is -0.0357. The summed E-state index contributed by atoms with van der Waals surface area (Å²) in [7, 11) is -3.67. The highest BCUT2D eigenvalue weighted by Gasteiger charge is 2.32. The average Bonchev–Trinajstić information content (AvgIpc) is 2.91. The quantitative estimate of drug-likeness (QED) is 0.927. The molecule has 3 rings (SSSR count). The van der Waals surface area contributed by atoms with E-state index >= 15 is 0 Å². The highest BCUT2D eigenvalue weighted by Crippen LogP contribution is 2.31. The number of halogens is 1. The molecule has 2 aromatic rings. The number of rotatable bonds is 3. The Labute approximate surface area is 133 Å². The summed E-state index contributed by atoms with van der Waals surface area (Å²) in [6.45, 7) is 4.31. The van der Waals surface area contributed by atoms with Crippen LogP contribution in [0.1, 0.15) is 33.1 Å². The van der Waals surface area contributed by atoms with E-state index in [2.05, 4.69) is 23.6 Å². The summed E-state index contributed by atoms with van der Waals surface area (Å²) in [6.07, 6.45) is 4.64. The summed E-state index contributed by atoms with van der Waals surface area (Å²) in [5.41, 5.74) is 0. The number of hydrogen-bond acceptors (Lipinski definition) is 4. The van der Waals surface area contributed by atoms with Crippen molar-refractivity contribution in [2.24, 2.45) is 11.8 Å². The van der Waals surface area contributed by atoms with Gasteiger partial charge in [0.05, 0.1) is 0 Å². The van der Waals surface area contributed by atoms with Gasteiger partial charge in [-0.3, -0.25) is 4.40 Å². The third kappa shape index (κ3) is 2.84. The molecule has 1 saturated carbocycles. The first kappa shape index (κ1) is 15.3. The fourth-order valence-electron chi connectivity index (χ4n) is 3.07. The Hall–Kier alpha value is -0.630. The lowest BCUT2D eigenvalue weighted by atomic mass is 9.80. The normalized spacial score (nSPS) is 27.3. The van der Waals surface area contributed by atoms with Crippen molar-refractivity contribution in [2.75, 3.05) is 0 Å². The maximum atomic E-state index is 12.7. The molecule has 1 aliphatic carbocycles. The molecule has 0 bridgehead atoms. The number of fused-ring (bicyclic) bond motifs is 1. The number of thiazole rings is 1. The Morgan fingerprint density at radius 1 is 1.43 bits per heavy atom. The van der Waals surface area contributed by atoms with Gasteiger partial charge in [-0.15, -0.1) is 11.3 Å².